The number of aryl methyl sites for hydroxylation is 1. The first-order valence-corrected chi connectivity index (χ1v) is 8.53. The van der Waals surface area contributed by atoms with Gasteiger partial charge in [-0.1, -0.05) is 5.57 Å². The summed E-state index contributed by atoms with van der Waals surface area (Å²) in [5.74, 6) is 0.928. The fraction of sp³-hybridized carbons (Fsp3) is 0.444. The summed E-state index contributed by atoms with van der Waals surface area (Å²) in [7, 11) is 4.25. The Kier molecular flexibility index (Phi) is 6.43. The topological polar surface area (TPSA) is 19.6 Å². The van der Waals surface area contributed by atoms with Gasteiger partial charge in [-0.2, -0.15) is 0 Å². The van der Waals surface area contributed by atoms with E-state index in [-0.39, 0.29) is 0 Å². The van der Waals surface area contributed by atoms with Crippen LogP contribution in [0.4, 0.5) is 0 Å². The van der Waals surface area contributed by atoms with Gasteiger partial charge >= 0.3 is 0 Å². The van der Waals surface area contributed by atoms with Crippen LogP contribution in [0.2, 0.25) is 0 Å². The summed E-state index contributed by atoms with van der Waals surface area (Å²) in [4.78, 5) is 6.21. The molecule has 0 aliphatic heterocycles. The van der Waals surface area contributed by atoms with Crippen LogP contribution in [0.3, 0.4) is 0 Å². The summed E-state index contributed by atoms with van der Waals surface area (Å²) in [6, 6.07) is 6.13. The van der Waals surface area contributed by atoms with E-state index in [9.17, 15) is 0 Å². The van der Waals surface area contributed by atoms with Crippen LogP contribution in [-0.2, 0) is 6.54 Å². The van der Waals surface area contributed by atoms with Crippen LogP contribution in [0.25, 0.3) is 6.08 Å². The van der Waals surface area contributed by atoms with Crippen molar-refractivity contribution in [1.82, 2.24) is 9.80 Å². The minimum atomic E-state index is 0.928. The second-order valence-corrected chi connectivity index (χ2v) is 7.05. The van der Waals surface area contributed by atoms with Crippen LogP contribution in [0.5, 0.6) is 0 Å². The van der Waals surface area contributed by atoms with E-state index < -0.39 is 0 Å². The molecule has 0 amide bonds. The van der Waals surface area contributed by atoms with E-state index in [0.29, 0.717) is 0 Å². The molecule has 0 aliphatic rings. The van der Waals surface area contributed by atoms with Crippen molar-refractivity contribution in [3.05, 3.63) is 51.6 Å². The SMILES string of the molecule is CC(=Cc1ccco1)CN(CCN(C)C)Cc1sccc1C. The predicted molar refractivity (Wildman–Crippen MR) is 95.2 cm³/mol. The molecular weight excluding hydrogens is 292 g/mol. The van der Waals surface area contributed by atoms with Gasteiger partial charge in [0.2, 0.25) is 0 Å². The minimum Gasteiger partial charge on any atom is -0.465 e. The molecule has 2 heterocycles. The van der Waals surface area contributed by atoms with E-state index in [1.54, 1.807) is 6.26 Å². The molecule has 0 bridgehead atoms. The van der Waals surface area contributed by atoms with Gasteiger partial charge in [0.1, 0.15) is 5.76 Å². The fourth-order valence-electron chi connectivity index (χ4n) is 2.34. The molecule has 4 heteroatoms. The molecule has 2 aromatic heterocycles. The van der Waals surface area contributed by atoms with Crippen LogP contribution < -0.4 is 0 Å². The molecule has 0 atom stereocenters. The Morgan fingerprint density at radius 3 is 2.68 bits per heavy atom. The number of hydrogen-bond acceptors (Lipinski definition) is 4. The standard InChI is InChI=1S/C18H26N2OS/c1-15(12-17-6-5-10-21-17)13-20(9-8-19(3)4)14-18-16(2)7-11-22-18/h5-7,10-12H,8-9,13-14H2,1-4H3. The van der Waals surface area contributed by atoms with Gasteiger partial charge in [-0.25, -0.2) is 0 Å². The molecule has 0 saturated carbocycles. The molecule has 0 fully saturated rings. The summed E-state index contributed by atoms with van der Waals surface area (Å²) in [5, 5.41) is 2.18. The molecule has 3 nitrogen and oxygen atoms in total. The van der Waals surface area contributed by atoms with Crippen molar-refractivity contribution in [3.63, 3.8) is 0 Å². The highest BCUT2D eigenvalue weighted by molar-refractivity contribution is 7.10. The van der Waals surface area contributed by atoms with Gasteiger partial charge in [-0.15, -0.1) is 11.3 Å². The monoisotopic (exact) mass is 318 g/mol. The van der Waals surface area contributed by atoms with Gasteiger partial charge in [-0.3, -0.25) is 4.90 Å². The zero-order valence-corrected chi connectivity index (χ0v) is 14.8. The first kappa shape index (κ1) is 17.0. The number of furan rings is 1. The average molecular weight is 318 g/mol. The van der Waals surface area contributed by atoms with E-state index >= 15 is 0 Å². The second kappa shape index (κ2) is 8.32. The second-order valence-electron chi connectivity index (χ2n) is 6.05. The fourth-order valence-corrected chi connectivity index (χ4v) is 3.29. The van der Waals surface area contributed by atoms with Gasteiger partial charge < -0.3 is 9.32 Å². The summed E-state index contributed by atoms with van der Waals surface area (Å²) in [5.41, 5.74) is 2.72. The minimum absolute atomic E-state index is 0.928. The molecule has 0 saturated heterocycles. The van der Waals surface area contributed by atoms with Crippen LogP contribution in [0.1, 0.15) is 23.1 Å². The predicted octanol–water partition coefficient (Wildman–Crippen LogP) is 4.12. The van der Waals surface area contributed by atoms with E-state index in [0.717, 1.165) is 31.9 Å². The van der Waals surface area contributed by atoms with Crippen molar-refractivity contribution >= 4 is 17.4 Å². The molecule has 120 valence electrons. The Hall–Kier alpha value is -1.36. The zero-order chi connectivity index (χ0) is 15.9. The molecule has 0 spiro atoms. The third-order valence-electron chi connectivity index (χ3n) is 3.60. The first-order chi connectivity index (χ1) is 10.5. The molecule has 2 aromatic rings. The lowest BCUT2D eigenvalue weighted by atomic mass is 10.2. The molecule has 0 N–H and O–H groups in total. The van der Waals surface area contributed by atoms with Crippen LogP contribution in [0, 0.1) is 6.92 Å². The highest BCUT2D eigenvalue weighted by Gasteiger charge is 2.10. The van der Waals surface area contributed by atoms with Crippen LogP contribution in [0.15, 0.2) is 39.8 Å². The molecule has 22 heavy (non-hydrogen) atoms. The molecule has 0 aromatic carbocycles. The lowest BCUT2D eigenvalue weighted by Crippen LogP contribution is -2.32. The quantitative estimate of drug-likeness (QED) is 0.730. The maximum Gasteiger partial charge on any atom is 0.126 e. The summed E-state index contributed by atoms with van der Waals surface area (Å²) >= 11 is 1.85. The third-order valence-corrected chi connectivity index (χ3v) is 4.61. The number of rotatable bonds is 8. The van der Waals surface area contributed by atoms with Crippen molar-refractivity contribution in [1.29, 1.82) is 0 Å². The number of thiophene rings is 1. The smallest absolute Gasteiger partial charge is 0.126 e. The normalized spacial score (nSPS) is 12.5. The summed E-state index contributed by atoms with van der Waals surface area (Å²) in [6.45, 7) is 8.48. The molecular formula is C18H26N2OS. The van der Waals surface area contributed by atoms with E-state index in [1.165, 1.54) is 16.0 Å². The molecule has 0 aliphatic carbocycles. The molecule has 2 rings (SSSR count). The van der Waals surface area contributed by atoms with Crippen molar-refractivity contribution < 1.29 is 4.42 Å². The molecule has 0 unspecified atom stereocenters. The lowest BCUT2D eigenvalue weighted by molar-refractivity contribution is 0.251. The lowest BCUT2D eigenvalue weighted by Gasteiger charge is -2.24. The van der Waals surface area contributed by atoms with E-state index in [4.69, 9.17) is 4.42 Å². The van der Waals surface area contributed by atoms with Crippen molar-refractivity contribution in [2.75, 3.05) is 33.7 Å². The number of likely N-dealkylation sites (N-methyl/N-ethyl adjacent to an activating group) is 1. The Bertz CT molecular complexity index is 584. The van der Waals surface area contributed by atoms with Crippen molar-refractivity contribution in [2.45, 2.75) is 20.4 Å². The third kappa shape index (κ3) is 5.44. The van der Waals surface area contributed by atoms with Gasteiger partial charge in [0.25, 0.3) is 0 Å². The summed E-state index contributed by atoms with van der Waals surface area (Å²) in [6.07, 6.45) is 3.85. The maximum atomic E-state index is 5.41. The Morgan fingerprint density at radius 1 is 1.27 bits per heavy atom. The van der Waals surface area contributed by atoms with Crippen molar-refractivity contribution in [2.24, 2.45) is 0 Å². The van der Waals surface area contributed by atoms with Gasteiger partial charge in [0, 0.05) is 31.1 Å². The summed E-state index contributed by atoms with van der Waals surface area (Å²) < 4.78 is 5.41. The maximum absolute atomic E-state index is 5.41. The highest BCUT2D eigenvalue weighted by Crippen LogP contribution is 2.19. The number of hydrogen-bond donors (Lipinski definition) is 0. The van der Waals surface area contributed by atoms with Crippen molar-refractivity contribution in [3.8, 4) is 0 Å². The average Bonchev–Trinajstić information content (AvgIpc) is 3.08. The number of nitrogens with zero attached hydrogens (tertiary/aromatic N) is 2. The van der Waals surface area contributed by atoms with Gasteiger partial charge in [-0.05, 0) is 63.2 Å². The van der Waals surface area contributed by atoms with E-state index in [2.05, 4.69) is 55.3 Å². The van der Waals surface area contributed by atoms with Crippen LogP contribution >= 0.6 is 11.3 Å². The Labute approximate surface area is 137 Å². The van der Waals surface area contributed by atoms with E-state index in [1.807, 2.05) is 23.5 Å². The van der Waals surface area contributed by atoms with Gasteiger partial charge in [0.05, 0.1) is 6.26 Å². The first-order valence-electron chi connectivity index (χ1n) is 7.65. The Morgan fingerprint density at radius 2 is 2.09 bits per heavy atom. The van der Waals surface area contributed by atoms with Crippen LogP contribution in [-0.4, -0.2) is 43.5 Å². The van der Waals surface area contributed by atoms with Gasteiger partial charge in [0.15, 0.2) is 0 Å². The highest BCUT2D eigenvalue weighted by atomic mass is 32.1. The largest absolute Gasteiger partial charge is 0.465 e. The molecule has 0 radical (unpaired) electrons. The zero-order valence-electron chi connectivity index (χ0n) is 14.0. The Balaban J connectivity index is 2.02.